The summed E-state index contributed by atoms with van der Waals surface area (Å²) in [6.07, 6.45) is 1.49. The summed E-state index contributed by atoms with van der Waals surface area (Å²) in [4.78, 5) is 0. The van der Waals surface area contributed by atoms with Crippen LogP contribution in [-0.2, 0) is 13.0 Å². The molecular formula is C26H24O3. The van der Waals surface area contributed by atoms with Crippen molar-refractivity contribution in [2.45, 2.75) is 26.4 Å². The predicted molar refractivity (Wildman–Crippen MR) is 116 cm³/mol. The third-order valence-electron chi connectivity index (χ3n) is 4.86. The van der Waals surface area contributed by atoms with E-state index < -0.39 is 0 Å². The highest BCUT2D eigenvalue weighted by Gasteiger charge is 2.21. The van der Waals surface area contributed by atoms with Crippen molar-refractivity contribution < 1.29 is 14.6 Å². The fraction of sp³-hybridized carbons (Fsp3) is 0.154. The number of rotatable bonds is 6. The van der Waals surface area contributed by atoms with Gasteiger partial charge >= 0.3 is 0 Å². The van der Waals surface area contributed by atoms with Gasteiger partial charge in [0, 0.05) is 17.5 Å². The predicted octanol–water partition coefficient (Wildman–Crippen LogP) is 6.28. The van der Waals surface area contributed by atoms with E-state index in [4.69, 9.17) is 9.47 Å². The van der Waals surface area contributed by atoms with Crippen LogP contribution in [0.5, 0.6) is 17.2 Å². The molecule has 0 saturated heterocycles. The lowest BCUT2D eigenvalue weighted by molar-refractivity contribution is 0.306. The van der Waals surface area contributed by atoms with E-state index in [1.54, 1.807) is 12.1 Å². The van der Waals surface area contributed by atoms with Crippen molar-refractivity contribution in [1.82, 2.24) is 0 Å². The molecule has 1 aliphatic heterocycles. The molecule has 0 aliphatic carbocycles. The third kappa shape index (κ3) is 4.52. The van der Waals surface area contributed by atoms with Gasteiger partial charge in [-0.1, -0.05) is 42.5 Å². The van der Waals surface area contributed by atoms with E-state index in [1.165, 1.54) is 0 Å². The van der Waals surface area contributed by atoms with E-state index in [2.05, 4.69) is 6.58 Å². The van der Waals surface area contributed by atoms with Gasteiger partial charge < -0.3 is 14.6 Å². The molecule has 1 aliphatic rings. The number of fused-ring (bicyclic) bond motifs is 1. The SMILES string of the molecule is C=C(C)CC1=C(c2ccc(OCc3ccccc3)cc2)Oc2ccc(O)cc2C1. The first-order valence-electron chi connectivity index (χ1n) is 9.72. The first-order chi connectivity index (χ1) is 14.1. The van der Waals surface area contributed by atoms with E-state index in [1.807, 2.05) is 67.6 Å². The highest BCUT2D eigenvalue weighted by molar-refractivity contribution is 5.70. The van der Waals surface area contributed by atoms with Gasteiger partial charge in [-0.25, -0.2) is 0 Å². The second-order valence-corrected chi connectivity index (χ2v) is 7.44. The molecule has 0 unspecified atom stereocenters. The van der Waals surface area contributed by atoms with Crippen molar-refractivity contribution in [3.8, 4) is 17.2 Å². The summed E-state index contributed by atoms with van der Waals surface area (Å²) in [6, 6.07) is 23.4. The molecular weight excluding hydrogens is 360 g/mol. The molecule has 0 fully saturated rings. The Balaban J connectivity index is 1.56. The maximum Gasteiger partial charge on any atom is 0.134 e. The summed E-state index contributed by atoms with van der Waals surface area (Å²) in [5, 5.41) is 9.80. The van der Waals surface area contributed by atoms with Gasteiger partial charge in [0.1, 0.15) is 29.6 Å². The number of phenolic OH excluding ortho intramolecular Hbond substituents is 1. The quantitative estimate of drug-likeness (QED) is 0.508. The van der Waals surface area contributed by atoms with Crippen molar-refractivity contribution >= 4 is 5.76 Å². The Bertz CT molecular complexity index is 1050. The Morgan fingerprint density at radius 3 is 2.52 bits per heavy atom. The minimum absolute atomic E-state index is 0.255. The van der Waals surface area contributed by atoms with Gasteiger partial charge in [0.15, 0.2) is 0 Å². The van der Waals surface area contributed by atoms with E-state index in [0.717, 1.165) is 57.9 Å². The molecule has 1 N–H and O–H groups in total. The molecule has 0 spiro atoms. The van der Waals surface area contributed by atoms with Gasteiger partial charge in [0.2, 0.25) is 0 Å². The summed E-state index contributed by atoms with van der Waals surface area (Å²) >= 11 is 0. The number of phenols is 1. The molecule has 3 aromatic rings. The molecule has 0 amide bonds. The lowest BCUT2D eigenvalue weighted by atomic mass is 9.93. The highest BCUT2D eigenvalue weighted by atomic mass is 16.5. The average molecular weight is 384 g/mol. The zero-order chi connectivity index (χ0) is 20.2. The second kappa shape index (κ2) is 8.27. The van der Waals surface area contributed by atoms with Crippen molar-refractivity contribution in [2.24, 2.45) is 0 Å². The van der Waals surface area contributed by atoms with Crippen LogP contribution >= 0.6 is 0 Å². The van der Waals surface area contributed by atoms with E-state index in [9.17, 15) is 5.11 Å². The Morgan fingerprint density at radius 2 is 1.79 bits per heavy atom. The lowest BCUT2D eigenvalue weighted by Gasteiger charge is -2.24. The number of ether oxygens (including phenoxy) is 2. The molecule has 3 heteroatoms. The Kier molecular flexibility index (Phi) is 5.39. The molecule has 0 atom stereocenters. The fourth-order valence-corrected chi connectivity index (χ4v) is 3.51. The van der Waals surface area contributed by atoms with E-state index in [-0.39, 0.29) is 5.75 Å². The largest absolute Gasteiger partial charge is 0.508 e. The van der Waals surface area contributed by atoms with Crippen LogP contribution in [0.4, 0.5) is 0 Å². The van der Waals surface area contributed by atoms with Gasteiger partial charge in [-0.3, -0.25) is 0 Å². The average Bonchev–Trinajstić information content (AvgIpc) is 2.72. The molecule has 0 aromatic heterocycles. The Morgan fingerprint density at radius 1 is 1.03 bits per heavy atom. The topological polar surface area (TPSA) is 38.7 Å². The number of aromatic hydroxyl groups is 1. The molecule has 29 heavy (non-hydrogen) atoms. The van der Waals surface area contributed by atoms with Crippen LogP contribution in [0.1, 0.15) is 30.0 Å². The molecule has 1 heterocycles. The van der Waals surface area contributed by atoms with Crippen LogP contribution in [-0.4, -0.2) is 5.11 Å². The highest BCUT2D eigenvalue weighted by Crippen LogP contribution is 2.38. The first kappa shape index (κ1) is 18.9. The molecule has 0 bridgehead atoms. The van der Waals surface area contributed by atoms with E-state index >= 15 is 0 Å². The van der Waals surface area contributed by atoms with Crippen LogP contribution in [0.25, 0.3) is 5.76 Å². The number of allylic oxidation sites excluding steroid dienone is 2. The zero-order valence-electron chi connectivity index (χ0n) is 16.5. The summed E-state index contributed by atoms with van der Waals surface area (Å²) < 4.78 is 12.1. The van der Waals surface area contributed by atoms with Crippen LogP contribution < -0.4 is 9.47 Å². The standard InChI is InChI=1S/C26H24O3/c1-18(2)14-22-15-21-16-23(27)10-13-25(21)29-26(22)20-8-11-24(12-9-20)28-17-19-6-4-3-5-7-19/h3-13,16,27H,1,14-15,17H2,2H3. The number of hydrogen-bond donors (Lipinski definition) is 1. The molecule has 3 aromatic carbocycles. The summed E-state index contributed by atoms with van der Waals surface area (Å²) in [7, 11) is 0. The van der Waals surface area contributed by atoms with Gasteiger partial charge in [-0.15, -0.1) is 0 Å². The van der Waals surface area contributed by atoms with Crippen molar-refractivity contribution in [3.05, 3.63) is 107 Å². The van der Waals surface area contributed by atoms with Gasteiger partial charge in [-0.05, 0) is 66.9 Å². The maximum absolute atomic E-state index is 9.80. The molecule has 0 saturated carbocycles. The van der Waals surface area contributed by atoms with Crippen LogP contribution in [0.3, 0.4) is 0 Å². The van der Waals surface area contributed by atoms with E-state index in [0.29, 0.717) is 6.61 Å². The van der Waals surface area contributed by atoms with Gasteiger partial charge in [0.05, 0.1) is 0 Å². The van der Waals surface area contributed by atoms with Gasteiger partial charge in [0.25, 0.3) is 0 Å². The van der Waals surface area contributed by atoms with Crippen LogP contribution in [0.2, 0.25) is 0 Å². The lowest BCUT2D eigenvalue weighted by Crippen LogP contribution is -2.10. The Labute approximate surface area is 171 Å². The second-order valence-electron chi connectivity index (χ2n) is 7.44. The molecule has 4 rings (SSSR count). The van der Waals surface area contributed by atoms with Crippen molar-refractivity contribution in [1.29, 1.82) is 0 Å². The summed E-state index contributed by atoms with van der Waals surface area (Å²) in [5.41, 5.74) is 5.37. The van der Waals surface area contributed by atoms with Crippen molar-refractivity contribution in [2.75, 3.05) is 0 Å². The molecule has 3 nitrogen and oxygen atoms in total. The number of benzene rings is 3. The molecule has 146 valence electrons. The fourth-order valence-electron chi connectivity index (χ4n) is 3.51. The van der Waals surface area contributed by atoms with Crippen molar-refractivity contribution in [3.63, 3.8) is 0 Å². The minimum Gasteiger partial charge on any atom is -0.508 e. The molecule has 0 radical (unpaired) electrons. The zero-order valence-corrected chi connectivity index (χ0v) is 16.5. The number of hydrogen-bond acceptors (Lipinski definition) is 3. The summed E-state index contributed by atoms with van der Waals surface area (Å²) in [6.45, 7) is 6.61. The van der Waals surface area contributed by atoms with Crippen LogP contribution in [0, 0.1) is 0 Å². The normalized spacial score (nSPS) is 12.9. The monoisotopic (exact) mass is 384 g/mol. The third-order valence-corrected chi connectivity index (χ3v) is 4.86. The smallest absolute Gasteiger partial charge is 0.134 e. The minimum atomic E-state index is 0.255. The van der Waals surface area contributed by atoms with Crippen LogP contribution in [0.15, 0.2) is 90.5 Å². The first-order valence-corrected chi connectivity index (χ1v) is 9.72. The van der Waals surface area contributed by atoms with Gasteiger partial charge in [-0.2, -0.15) is 0 Å². The summed E-state index contributed by atoms with van der Waals surface area (Å²) in [5.74, 6) is 2.72. The maximum atomic E-state index is 9.80. The Hall–Kier alpha value is -3.46.